The predicted molar refractivity (Wildman–Crippen MR) is 345 cm³/mol. The molecule has 4 N–H and O–H groups in total. The molecule has 6 unspecified atom stereocenters. The second-order valence-corrected chi connectivity index (χ2v) is 22.1. The lowest BCUT2D eigenvalue weighted by Crippen LogP contribution is -2.62. The van der Waals surface area contributed by atoms with Crippen molar-refractivity contribution >= 4 is 33.7 Å². The van der Waals surface area contributed by atoms with Crippen LogP contribution < -0.4 is 10.6 Å². The molecule has 2 aliphatic heterocycles. The summed E-state index contributed by atoms with van der Waals surface area (Å²) >= 11 is 3.13. The number of benzene rings is 7. The Kier molecular flexibility index (Phi) is 31.8. The first kappa shape index (κ1) is 70.4. The van der Waals surface area contributed by atoms with Crippen molar-refractivity contribution < 1.29 is 72.0 Å². The minimum Gasteiger partial charge on any atom is -0.453 e. The molecular weight excluding hydrogens is 1210 g/mol. The lowest BCUT2D eigenvalue weighted by Gasteiger charge is -2.45. The minimum atomic E-state index is -0.985. The van der Waals surface area contributed by atoms with Gasteiger partial charge in [-0.2, -0.15) is 0 Å². The minimum absolute atomic E-state index is 0.0314. The van der Waals surface area contributed by atoms with Crippen LogP contribution in [0.4, 0.5) is 0 Å². The van der Waals surface area contributed by atoms with Gasteiger partial charge < -0.3 is 68.2 Å². The fraction of sp³-hybridized carbons (Fsp3) is 0.375. The highest BCUT2D eigenvalue weighted by Crippen LogP contribution is 2.32. The van der Waals surface area contributed by atoms with Gasteiger partial charge in [0.05, 0.1) is 71.6 Å². The fourth-order valence-electron chi connectivity index (χ4n) is 9.93. The number of nitrogens with one attached hydrogen (secondary N) is 2. The van der Waals surface area contributed by atoms with Crippen LogP contribution in [0.25, 0.3) is 0 Å². The number of aliphatic hydroxyl groups excluding tert-OH is 2. The van der Waals surface area contributed by atoms with Crippen LogP contribution in [0.2, 0.25) is 0 Å². The van der Waals surface area contributed by atoms with E-state index in [0.29, 0.717) is 57.9 Å². The smallest absolute Gasteiger partial charge is 0.338 e. The van der Waals surface area contributed by atoms with Gasteiger partial charge in [0, 0.05) is 38.9 Å². The first-order valence-electron chi connectivity index (χ1n) is 30.4. The summed E-state index contributed by atoms with van der Waals surface area (Å²) in [7, 11) is 3.25. The lowest BCUT2D eigenvalue weighted by atomic mass is 9.94. The summed E-state index contributed by atoms with van der Waals surface area (Å²) in [6.45, 7) is 2.55. The molecular formula is C72H85BrN2O15. The summed E-state index contributed by atoms with van der Waals surface area (Å²) in [5.41, 5.74) is 6.35. The maximum atomic E-state index is 13.4. The first-order chi connectivity index (χ1) is 44.2. The molecule has 7 aromatic rings. The van der Waals surface area contributed by atoms with Crippen molar-refractivity contribution in [3.63, 3.8) is 0 Å². The number of ether oxygens (including phenoxy) is 10. The normalized spacial score (nSPS) is 21.1. The number of alkyl halides is 1. The molecule has 18 heteroatoms. The number of carbonyl (C=O) groups is 3. The Labute approximate surface area is 537 Å². The third-order valence-electron chi connectivity index (χ3n) is 14.7. The predicted octanol–water partition coefficient (Wildman–Crippen LogP) is 9.92. The highest BCUT2D eigenvalue weighted by atomic mass is 79.9. The number of rotatable bonds is 31. The SMILES string of the molecule is CNC(=O)CCBr.CNC(=O)CCCOC[C@@H]1O[C@H](COCc2ccccc2)C(OCc2ccccc2)C(O)C1OCc1ccccc1.O=C(OC1C(OCc2ccccc2)[C@H](CO)O[C@H](COCc2ccccc2)C1OCc1ccccc1)c1ccccc1. The van der Waals surface area contributed by atoms with Crippen LogP contribution in [0.3, 0.4) is 0 Å². The van der Waals surface area contributed by atoms with E-state index in [0.717, 1.165) is 38.7 Å². The van der Waals surface area contributed by atoms with Gasteiger partial charge in [-0.1, -0.05) is 216 Å². The van der Waals surface area contributed by atoms with Gasteiger partial charge in [0.2, 0.25) is 11.8 Å². The van der Waals surface area contributed by atoms with Gasteiger partial charge in [0.25, 0.3) is 0 Å². The van der Waals surface area contributed by atoms with Crippen molar-refractivity contribution in [3.8, 4) is 0 Å². The molecule has 2 amide bonds. The number of halogens is 1. The molecule has 0 aliphatic carbocycles. The van der Waals surface area contributed by atoms with Gasteiger partial charge in [-0.05, 0) is 51.9 Å². The zero-order chi connectivity index (χ0) is 63.4. The highest BCUT2D eigenvalue weighted by Gasteiger charge is 2.50. The Balaban J connectivity index is 0.000000231. The number of carbonyl (C=O) groups excluding carboxylic acids is 3. The third-order valence-corrected chi connectivity index (χ3v) is 15.1. The number of esters is 1. The van der Waals surface area contributed by atoms with Crippen molar-refractivity contribution in [1.82, 2.24) is 10.6 Å². The van der Waals surface area contributed by atoms with E-state index >= 15 is 0 Å². The van der Waals surface area contributed by atoms with Gasteiger partial charge in [-0.25, -0.2) is 4.79 Å². The first-order valence-corrected chi connectivity index (χ1v) is 31.5. The topological polar surface area (TPSA) is 208 Å². The highest BCUT2D eigenvalue weighted by molar-refractivity contribution is 9.09. The summed E-state index contributed by atoms with van der Waals surface area (Å²) in [6, 6.07) is 67.6. The second kappa shape index (κ2) is 40.7. The zero-order valence-electron chi connectivity index (χ0n) is 51.2. The zero-order valence-corrected chi connectivity index (χ0v) is 52.8. The van der Waals surface area contributed by atoms with Gasteiger partial charge in [0.15, 0.2) is 6.10 Å². The van der Waals surface area contributed by atoms with Crippen LogP contribution in [0.5, 0.6) is 0 Å². The summed E-state index contributed by atoms with van der Waals surface area (Å²) < 4.78 is 62.4. The van der Waals surface area contributed by atoms with Crippen LogP contribution in [-0.4, -0.2) is 141 Å². The second-order valence-electron chi connectivity index (χ2n) is 21.3. The molecule has 9 rings (SSSR count). The largest absolute Gasteiger partial charge is 0.453 e. The van der Waals surface area contributed by atoms with Crippen LogP contribution >= 0.6 is 15.9 Å². The molecule has 2 heterocycles. The molecule has 0 aromatic heterocycles. The van der Waals surface area contributed by atoms with E-state index in [1.165, 1.54) is 0 Å². The molecule has 0 spiro atoms. The molecule has 0 radical (unpaired) electrons. The molecule has 7 aromatic carbocycles. The maximum absolute atomic E-state index is 13.4. The molecule has 17 nitrogen and oxygen atoms in total. The van der Waals surface area contributed by atoms with Gasteiger partial charge >= 0.3 is 5.97 Å². The van der Waals surface area contributed by atoms with Crippen molar-refractivity contribution in [2.24, 2.45) is 0 Å². The van der Waals surface area contributed by atoms with Gasteiger partial charge in [-0.3, -0.25) is 9.59 Å². The van der Waals surface area contributed by atoms with Crippen LogP contribution in [0.15, 0.2) is 212 Å². The van der Waals surface area contributed by atoms with Crippen molar-refractivity contribution in [1.29, 1.82) is 0 Å². The molecule has 90 heavy (non-hydrogen) atoms. The van der Waals surface area contributed by atoms with Crippen molar-refractivity contribution in [3.05, 3.63) is 251 Å². The number of hydrogen-bond acceptors (Lipinski definition) is 15. The summed E-state index contributed by atoms with van der Waals surface area (Å²) in [6.07, 6.45) is -5.78. The number of amides is 2. The maximum Gasteiger partial charge on any atom is 0.338 e. The summed E-state index contributed by atoms with van der Waals surface area (Å²) in [4.78, 5) is 35.2. The third kappa shape index (κ3) is 24.3. The average Bonchev–Trinajstić information content (AvgIpc) is 0.845. The molecule has 0 saturated carbocycles. The van der Waals surface area contributed by atoms with Gasteiger partial charge in [0.1, 0.15) is 54.9 Å². The van der Waals surface area contributed by atoms with Crippen molar-refractivity contribution in [2.45, 2.75) is 120 Å². The van der Waals surface area contributed by atoms with E-state index in [4.69, 9.17) is 47.4 Å². The Bertz CT molecular complexity index is 3040. The van der Waals surface area contributed by atoms with E-state index in [9.17, 15) is 24.6 Å². The average molecular weight is 1300 g/mol. The van der Waals surface area contributed by atoms with E-state index in [-0.39, 0.29) is 51.5 Å². The summed E-state index contributed by atoms with van der Waals surface area (Å²) in [5.74, 6) is -0.460. The molecule has 2 fully saturated rings. The summed E-state index contributed by atoms with van der Waals surface area (Å²) in [5, 5.41) is 27.9. The Hall–Kier alpha value is -7.01. The lowest BCUT2D eigenvalue weighted by molar-refractivity contribution is -0.267. The molecule has 0 bridgehead atoms. The Morgan fingerprint density at radius 2 is 0.744 bits per heavy atom. The van der Waals surface area contributed by atoms with E-state index < -0.39 is 67.0 Å². The fourth-order valence-corrected chi connectivity index (χ4v) is 10.3. The molecule has 480 valence electrons. The van der Waals surface area contributed by atoms with Crippen LogP contribution in [0.1, 0.15) is 63.0 Å². The van der Waals surface area contributed by atoms with Crippen LogP contribution in [-0.2, 0) is 96.6 Å². The van der Waals surface area contributed by atoms with E-state index in [1.807, 2.05) is 188 Å². The molecule has 2 aliphatic rings. The number of hydrogen-bond donors (Lipinski definition) is 4. The van der Waals surface area contributed by atoms with Crippen LogP contribution in [0, 0.1) is 0 Å². The standard InChI is InChI=1S/C35H36O7.C33H41NO7.C4H8BrNO/c36-21-30-32(39-23-27-15-7-2-8-16-27)34(42-35(37)29-19-11-4-12-20-29)33(40-24-28-17-9-3-10-18-28)31(41-30)25-38-22-26-13-5-1-6-14-26;1-34-30(35)18-11-19-37-23-28-32(39-21-26-14-7-3-8-15-26)31(36)33(40-22-27-16-9-4-10-17-27)29(41-28)24-38-20-25-12-5-2-6-13-25;1-6-4(7)2-3-5/h1-20,30-34,36H,21-25H2;2-10,12-17,28-29,31-33,36H,11,18-24H2,1H3,(H,34,35);2-3H2,1H3,(H,6,7)/t30-,31+,32?,33?,34?;28-,29+,31?,32?,33?;/m00./s1. The van der Waals surface area contributed by atoms with E-state index in [1.54, 1.807) is 38.4 Å². The number of aliphatic hydroxyl groups is 2. The Morgan fingerprint density at radius 1 is 0.422 bits per heavy atom. The monoisotopic (exact) mass is 1300 g/mol. The van der Waals surface area contributed by atoms with Crippen molar-refractivity contribution in [2.75, 3.05) is 52.5 Å². The molecule has 10 atom stereocenters. The Morgan fingerprint density at radius 3 is 1.11 bits per heavy atom. The quantitative estimate of drug-likeness (QED) is 0.0181. The molecule has 2 saturated heterocycles. The van der Waals surface area contributed by atoms with Gasteiger partial charge in [-0.15, -0.1) is 0 Å². The van der Waals surface area contributed by atoms with E-state index in [2.05, 4.69) is 26.6 Å².